The minimum absolute atomic E-state index is 0.134. The smallest absolute Gasteiger partial charge is 0.311 e. The number of carbonyl (C=O) groups is 1. The van der Waals surface area contributed by atoms with Crippen molar-refractivity contribution in [3.05, 3.63) is 24.3 Å². The van der Waals surface area contributed by atoms with E-state index in [1.807, 2.05) is 12.2 Å². The van der Waals surface area contributed by atoms with Crippen molar-refractivity contribution >= 4 is 5.97 Å². The Morgan fingerprint density at radius 3 is 1.75 bits per heavy atom. The number of aliphatic carboxylic acids is 1. The molecule has 164 valence electrons. The second-order valence-electron chi connectivity index (χ2n) is 7.85. The molecule has 6 heteroatoms. The monoisotopic (exact) mass is 400 g/mol. The Morgan fingerprint density at radius 2 is 1.39 bits per heavy atom. The topological polar surface area (TPSA) is 98.0 Å². The van der Waals surface area contributed by atoms with Crippen molar-refractivity contribution in [2.75, 3.05) is 32.8 Å². The number of allylic oxidation sites excluding steroid dienone is 2. The van der Waals surface area contributed by atoms with E-state index in [2.05, 4.69) is 13.8 Å². The molecule has 0 aliphatic rings. The molecule has 0 aromatic heterocycles. The summed E-state index contributed by atoms with van der Waals surface area (Å²) in [6.07, 6.45) is 11.9. The van der Waals surface area contributed by atoms with Gasteiger partial charge in [-0.05, 0) is 19.8 Å². The van der Waals surface area contributed by atoms with Crippen molar-refractivity contribution < 1.29 is 29.7 Å². The fourth-order valence-corrected chi connectivity index (χ4v) is 3.43. The molecule has 3 unspecified atom stereocenters. The number of carboxylic acid groups (broad SMARTS) is 1. The third-order valence-corrected chi connectivity index (χ3v) is 4.97. The number of hydrogen-bond donors (Lipinski definition) is 4. The second kappa shape index (κ2) is 15.7. The van der Waals surface area contributed by atoms with Crippen molar-refractivity contribution in [1.82, 2.24) is 0 Å². The molecule has 6 nitrogen and oxygen atoms in total. The van der Waals surface area contributed by atoms with E-state index >= 15 is 0 Å². The van der Waals surface area contributed by atoms with E-state index < -0.39 is 24.1 Å². The summed E-state index contributed by atoms with van der Waals surface area (Å²) >= 11 is 0. The van der Waals surface area contributed by atoms with Gasteiger partial charge in [0.25, 0.3) is 0 Å². The van der Waals surface area contributed by atoms with Crippen LogP contribution in [-0.4, -0.2) is 75.9 Å². The van der Waals surface area contributed by atoms with E-state index in [1.165, 1.54) is 0 Å². The van der Waals surface area contributed by atoms with Crippen LogP contribution in [0.5, 0.6) is 0 Å². The number of aliphatic hydroxyl groups is 3. The van der Waals surface area contributed by atoms with Gasteiger partial charge in [-0.1, -0.05) is 63.8 Å². The largest absolute Gasteiger partial charge is 0.481 e. The molecule has 0 rings (SSSR count). The van der Waals surface area contributed by atoms with Gasteiger partial charge in [-0.25, -0.2) is 0 Å². The molecule has 0 spiro atoms. The molecule has 0 saturated carbocycles. The molecule has 0 aromatic rings. The summed E-state index contributed by atoms with van der Waals surface area (Å²) in [5, 5.41) is 39.9. The maximum atomic E-state index is 11.4. The number of quaternary nitrogens is 1. The van der Waals surface area contributed by atoms with E-state index in [-0.39, 0.29) is 37.3 Å². The van der Waals surface area contributed by atoms with E-state index in [1.54, 1.807) is 19.1 Å². The summed E-state index contributed by atoms with van der Waals surface area (Å²) in [6.45, 7) is 6.77. The number of nitrogens with zero attached hydrogens (tertiary/aromatic N) is 1. The lowest BCUT2D eigenvalue weighted by Crippen LogP contribution is -2.59. The Balaban J connectivity index is 5.29. The maximum Gasteiger partial charge on any atom is 0.311 e. The zero-order valence-corrected chi connectivity index (χ0v) is 18.0. The normalized spacial score (nSPS) is 17.6. The van der Waals surface area contributed by atoms with E-state index in [4.69, 9.17) is 0 Å². The highest BCUT2D eigenvalue weighted by Gasteiger charge is 2.35. The fourth-order valence-electron chi connectivity index (χ4n) is 3.43. The van der Waals surface area contributed by atoms with Gasteiger partial charge < -0.3 is 24.9 Å². The number of hydrogen-bond acceptors (Lipinski definition) is 4. The zero-order valence-electron chi connectivity index (χ0n) is 18.0. The Labute approximate surface area is 170 Å². The van der Waals surface area contributed by atoms with Crippen LogP contribution in [-0.2, 0) is 4.79 Å². The molecule has 0 fully saturated rings. The van der Waals surface area contributed by atoms with Gasteiger partial charge in [0.15, 0.2) is 0 Å². The number of carboxylic acids is 1. The second-order valence-corrected chi connectivity index (χ2v) is 7.85. The summed E-state index contributed by atoms with van der Waals surface area (Å²) in [6, 6.07) is 0. The van der Waals surface area contributed by atoms with E-state index in [9.17, 15) is 25.2 Å². The summed E-state index contributed by atoms with van der Waals surface area (Å²) < 4.78 is 0.155. The average molecular weight is 401 g/mol. The Morgan fingerprint density at radius 1 is 0.929 bits per heavy atom. The van der Waals surface area contributed by atoms with Crippen LogP contribution in [0.3, 0.4) is 0 Å². The van der Waals surface area contributed by atoms with Crippen LogP contribution in [0.15, 0.2) is 24.3 Å². The van der Waals surface area contributed by atoms with Gasteiger partial charge in [0.1, 0.15) is 37.8 Å². The summed E-state index contributed by atoms with van der Waals surface area (Å²) in [7, 11) is 0. The third kappa shape index (κ3) is 12.3. The van der Waals surface area contributed by atoms with Gasteiger partial charge in [-0.3, -0.25) is 4.79 Å². The molecule has 0 bridgehead atoms. The molecule has 0 aromatic carbocycles. The van der Waals surface area contributed by atoms with Crippen LogP contribution in [0.25, 0.3) is 0 Å². The van der Waals surface area contributed by atoms with E-state index in [0.717, 1.165) is 38.5 Å². The first-order chi connectivity index (χ1) is 13.3. The highest BCUT2D eigenvalue weighted by molar-refractivity contribution is 5.69. The van der Waals surface area contributed by atoms with Crippen molar-refractivity contribution in [2.45, 2.75) is 71.5 Å². The van der Waals surface area contributed by atoms with Gasteiger partial charge in [-0.15, -0.1) is 0 Å². The van der Waals surface area contributed by atoms with Crippen molar-refractivity contribution in [1.29, 1.82) is 0 Å². The summed E-state index contributed by atoms with van der Waals surface area (Å²) in [5.74, 6) is -1.56. The summed E-state index contributed by atoms with van der Waals surface area (Å²) in [5.41, 5.74) is 0. The highest BCUT2D eigenvalue weighted by atomic mass is 16.4. The predicted molar refractivity (Wildman–Crippen MR) is 113 cm³/mol. The van der Waals surface area contributed by atoms with Gasteiger partial charge in [0.2, 0.25) is 0 Å². The van der Waals surface area contributed by atoms with Gasteiger partial charge in [-0.2, -0.15) is 0 Å². The first-order valence-corrected chi connectivity index (χ1v) is 10.7. The molecule has 0 radical (unpaired) electrons. The SMILES string of the molecule is CCCC/C=C/C(O)C[N+](CCO)(CC(O)/C=C/CCCC)CC(C)C(=O)O. The Hall–Kier alpha value is -1.21. The Kier molecular flexibility index (Phi) is 15.0. The van der Waals surface area contributed by atoms with Crippen LogP contribution in [0.1, 0.15) is 59.3 Å². The molecule has 0 saturated heterocycles. The lowest BCUT2D eigenvalue weighted by molar-refractivity contribution is -0.934. The minimum Gasteiger partial charge on any atom is -0.481 e. The molecule has 0 aliphatic heterocycles. The molecule has 4 N–H and O–H groups in total. The van der Waals surface area contributed by atoms with Crippen LogP contribution >= 0.6 is 0 Å². The number of unbranched alkanes of at least 4 members (excludes halogenated alkanes) is 4. The fraction of sp³-hybridized carbons (Fsp3) is 0.773. The third-order valence-electron chi connectivity index (χ3n) is 4.97. The van der Waals surface area contributed by atoms with Crippen LogP contribution in [0.4, 0.5) is 0 Å². The molecule has 28 heavy (non-hydrogen) atoms. The predicted octanol–water partition coefficient (Wildman–Crippen LogP) is 2.73. The molecular formula is C22H42NO5+. The molecule has 3 atom stereocenters. The van der Waals surface area contributed by atoms with Gasteiger partial charge >= 0.3 is 5.97 Å². The van der Waals surface area contributed by atoms with Crippen molar-refractivity contribution in [3.63, 3.8) is 0 Å². The van der Waals surface area contributed by atoms with Crippen LogP contribution in [0, 0.1) is 5.92 Å². The van der Waals surface area contributed by atoms with Crippen LogP contribution < -0.4 is 0 Å². The Bertz CT molecular complexity index is 438. The molecular weight excluding hydrogens is 358 g/mol. The molecule has 0 aliphatic carbocycles. The lowest BCUT2D eigenvalue weighted by atomic mass is 10.1. The standard InChI is InChI=1S/C22H41NO5/c1-4-6-8-10-12-20(25)17-23(14-15-24,16-19(3)22(27)28)18-21(26)13-11-9-7-5-2/h10-13,19-21,24-26H,4-9,14-18H2,1-3H3/p+1/b12-10+,13-11+. The highest BCUT2D eigenvalue weighted by Crippen LogP contribution is 2.17. The van der Waals surface area contributed by atoms with Gasteiger partial charge in [0, 0.05) is 0 Å². The van der Waals surface area contributed by atoms with Crippen molar-refractivity contribution in [3.8, 4) is 0 Å². The lowest BCUT2D eigenvalue weighted by Gasteiger charge is -2.41. The quantitative estimate of drug-likeness (QED) is 0.171. The first kappa shape index (κ1) is 26.8. The average Bonchev–Trinajstić information content (AvgIpc) is 2.62. The number of rotatable bonds is 17. The maximum absolute atomic E-state index is 11.4. The minimum atomic E-state index is -0.915. The molecule has 0 heterocycles. The van der Waals surface area contributed by atoms with Crippen LogP contribution in [0.2, 0.25) is 0 Å². The first-order valence-electron chi connectivity index (χ1n) is 10.7. The number of aliphatic hydroxyl groups excluding tert-OH is 3. The zero-order chi connectivity index (χ0) is 21.4. The van der Waals surface area contributed by atoms with E-state index in [0.29, 0.717) is 0 Å². The van der Waals surface area contributed by atoms with Gasteiger partial charge in [0.05, 0.1) is 13.2 Å². The molecule has 0 amide bonds. The summed E-state index contributed by atoms with van der Waals surface area (Å²) in [4.78, 5) is 11.4. The van der Waals surface area contributed by atoms with Crippen molar-refractivity contribution in [2.24, 2.45) is 5.92 Å².